The highest BCUT2D eigenvalue weighted by molar-refractivity contribution is 5.11. The number of likely N-dealkylation sites (tertiary alicyclic amines) is 1. The first-order chi connectivity index (χ1) is 7.69. The number of methoxy groups -OCH3 is 1. The average Bonchev–Trinajstić information content (AvgIpc) is 2.23. The molecule has 1 aliphatic heterocycles. The molecule has 1 aliphatic rings. The predicted molar refractivity (Wildman–Crippen MR) is 59.7 cm³/mol. The largest absolute Gasteiger partial charge is 0.480 e. The van der Waals surface area contributed by atoms with E-state index in [2.05, 4.69) is 28.7 Å². The Kier molecular flexibility index (Phi) is 3.24. The third kappa shape index (κ3) is 2.41. The molecule has 0 radical (unpaired) electrons. The first-order valence-corrected chi connectivity index (χ1v) is 5.46. The van der Waals surface area contributed by atoms with E-state index in [0.717, 1.165) is 13.1 Å². The van der Waals surface area contributed by atoms with Gasteiger partial charge in [0.05, 0.1) is 19.5 Å². The van der Waals surface area contributed by atoms with Crippen LogP contribution in [0.5, 0.6) is 11.8 Å². The van der Waals surface area contributed by atoms with Gasteiger partial charge >= 0.3 is 0 Å². The van der Waals surface area contributed by atoms with Gasteiger partial charge in [-0.3, -0.25) is 4.90 Å². The van der Waals surface area contributed by atoms with Crippen molar-refractivity contribution in [3.8, 4) is 11.8 Å². The van der Waals surface area contributed by atoms with Crippen LogP contribution in [0.3, 0.4) is 0 Å². The second-order valence-electron chi connectivity index (χ2n) is 4.18. The van der Waals surface area contributed by atoms with E-state index in [1.807, 2.05) is 0 Å². The number of ether oxygens (including phenoxy) is 2. The molecule has 2 heterocycles. The van der Waals surface area contributed by atoms with Crippen LogP contribution in [0.1, 0.15) is 13.8 Å². The molecule has 0 aliphatic carbocycles. The Hall–Kier alpha value is -1.36. The van der Waals surface area contributed by atoms with Gasteiger partial charge in [-0.05, 0) is 13.8 Å². The van der Waals surface area contributed by atoms with Crippen molar-refractivity contribution in [2.75, 3.05) is 20.2 Å². The second kappa shape index (κ2) is 4.65. The molecule has 0 N–H and O–H groups in total. The van der Waals surface area contributed by atoms with E-state index in [4.69, 9.17) is 9.47 Å². The maximum atomic E-state index is 5.66. The minimum Gasteiger partial charge on any atom is -0.480 e. The van der Waals surface area contributed by atoms with E-state index in [9.17, 15) is 0 Å². The Bertz CT molecular complexity index is 334. The minimum absolute atomic E-state index is 0.241. The van der Waals surface area contributed by atoms with Gasteiger partial charge in [-0.15, -0.1) is 0 Å². The Morgan fingerprint density at radius 1 is 1.25 bits per heavy atom. The van der Waals surface area contributed by atoms with Crippen molar-refractivity contribution in [1.82, 2.24) is 14.9 Å². The van der Waals surface area contributed by atoms with Gasteiger partial charge in [0.2, 0.25) is 11.8 Å². The van der Waals surface area contributed by atoms with Crippen molar-refractivity contribution in [1.29, 1.82) is 0 Å². The molecule has 1 aromatic rings. The molecule has 0 aromatic carbocycles. The highest BCUT2D eigenvalue weighted by Gasteiger charge is 2.30. The third-order valence-electron chi connectivity index (χ3n) is 2.71. The summed E-state index contributed by atoms with van der Waals surface area (Å²) in [5, 5.41) is 0. The summed E-state index contributed by atoms with van der Waals surface area (Å²) in [6.45, 7) is 6.30. The molecule has 0 spiro atoms. The van der Waals surface area contributed by atoms with Gasteiger partial charge in [-0.25, -0.2) is 9.97 Å². The summed E-state index contributed by atoms with van der Waals surface area (Å²) in [7, 11) is 1.57. The fraction of sp³-hybridized carbons (Fsp3) is 0.636. The first-order valence-electron chi connectivity index (χ1n) is 5.46. The van der Waals surface area contributed by atoms with Crippen LogP contribution in [0, 0.1) is 0 Å². The molecule has 16 heavy (non-hydrogen) atoms. The summed E-state index contributed by atoms with van der Waals surface area (Å²) in [6.07, 6.45) is 3.40. The number of hydrogen-bond donors (Lipinski definition) is 0. The molecule has 88 valence electrons. The first kappa shape index (κ1) is 11.1. The summed E-state index contributed by atoms with van der Waals surface area (Å²) in [5.74, 6) is 1.07. The molecule has 5 heteroatoms. The fourth-order valence-electron chi connectivity index (χ4n) is 1.61. The molecular formula is C11H17N3O2. The van der Waals surface area contributed by atoms with Crippen molar-refractivity contribution >= 4 is 0 Å². The lowest BCUT2D eigenvalue weighted by Gasteiger charge is -2.41. The molecule has 2 rings (SSSR count). The quantitative estimate of drug-likeness (QED) is 0.760. The smallest absolute Gasteiger partial charge is 0.232 e. The molecule has 1 aromatic heterocycles. The van der Waals surface area contributed by atoms with E-state index in [-0.39, 0.29) is 6.10 Å². The highest BCUT2D eigenvalue weighted by Crippen LogP contribution is 2.18. The zero-order valence-corrected chi connectivity index (χ0v) is 9.88. The standard InChI is InChI=1S/C11H17N3O2/c1-8(2)14-6-9(7-14)16-11-5-12-10(15-3)4-13-11/h4-5,8-9H,6-7H2,1-3H3. The maximum absolute atomic E-state index is 5.66. The highest BCUT2D eigenvalue weighted by atomic mass is 16.5. The van der Waals surface area contributed by atoms with Crippen LogP contribution in [0.15, 0.2) is 12.4 Å². The predicted octanol–water partition coefficient (Wildman–Crippen LogP) is 0.957. The van der Waals surface area contributed by atoms with Crippen molar-refractivity contribution in [3.63, 3.8) is 0 Å². The van der Waals surface area contributed by atoms with Gasteiger partial charge in [0.25, 0.3) is 0 Å². The van der Waals surface area contributed by atoms with Gasteiger partial charge in [0, 0.05) is 19.1 Å². The molecule has 0 saturated carbocycles. The Labute approximate surface area is 95.4 Å². The second-order valence-corrected chi connectivity index (χ2v) is 4.18. The average molecular weight is 223 g/mol. The maximum Gasteiger partial charge on any atom is 0.232 e. The number of nitrogens with zero attached hydrogens (tertiary/aromatic N) is 3. The van der Waals surface area contributed by atoms with Crippen LogP contribution in [0.2, 0.25) is 0 Å². The van der Waals surface area contributed by atoms with E-state index < -0.39 is 0 Å². The van der Waals surface area contributed by atoms with Crippen LogP contribution in [0.4, 0.5) is 0 Å². The van der Waals surface area contributed by atoms with E-state index >= 15 is 0 Å². The van der Waals surface area contributed by atoms with E-state index in [0.29, 0.717) is 17.8 Å². The Morgan fingerprint density at radius 3 is 2.38 bits per heavy atom. The zero-order valence-electron chi connectivity index (χ0n) is 9.88. The summed E-state index contributed by atoms with van der Waals surface area (Å²) >= 11 is 0. The summed E-state index contributed by atoms with van der Waals surface area (Å²) < 4.78 is 10.6. The topological polar surface area (TPSA) is 47.5 Å². The van der Waals surface area contributed by atoms with Crippen molar-refractivity contribution in [3.05, 3.63) is 12.4 Å². The summed E-state index contributed by atoms with van der Waals surface area (Å²) in [5.41, 5.74) is 0. The summed E-state index contributed by atoms with van der Waals surface area (Å²) in [6, 6.07) is 0.585. The van der Waals surface area contributed by atoms with Crippen LogP contribution in [-0.4, -0.2) is 47.2 Å². The number of hydrogen-bond acceptors (Lipinski definition) is 5. The minimum atomic E-state index is 0.241. The monoisotopic (exact) mass is 223 g/mol. The fourth-order valence-corrected chi connectivity index (χ4v) is 1.61. The van der Waals surface area contributed by atoms with Gasteiger partial charge in [-0.1, -0.05) is 0 Å². The molecular weight excluding hydrogens is 206 g/mol. The molecule has 1 saturated heterocycles. The Balaban J connectivity index is 1.82. The normalized spacial score (nSPS) is 17.2. The van der Waals surface area contributed by atoms with E-state index in [1.165, 1.54) is 0 Å². The van der Waals surface area contributed by atoms with Crippen molar-refractivity contribution in [2.45, 2.75) is 26.0 Å². The van der Waals surface area contributed by atoms with Crippen molar-refractivity contribution < 1.29 is 9.47 Å². The lowest BCUT2D eigenvalue weighted by Crippen LogP contribution is -2.56. The molecule has 1 fully saturated rings. The van der Waals surface area contributed by atoms with Gasteiger partial charge in [0.1, 0.15) is 6.10 Å². The molecule has 0 bridgehead atoms. The summed E-state index contributed by atoms with van der Waals surface area (Å²) in [4.78, 5) is 10.5. The van der Waals surface area contributed by atoms with Crippen LogP contribution in [-0.2, 0) is 0 Å². The molecule has 0 atom stereocenters. The van der Waals surface area contributed by atoms with Gasteiger partial charge in [-0.2, -0.15) is 0 Å². The zero-order chi connectivity index (χ0) is 11.5. The van der Waals surface area contributed by atoms with Crippen LogP contribution < -0.4 is 9.47 Å². The number of aromatic nitrogens is 2. The molecule has 0 unspecified atom stereocenters. The lowest BCUT2D eigenvalue weighted by atomic mass is 10.1. The Morgan fingerprint density at radius 2 is 1.88 bits per heavy atom. The lowest BCUT2D eigenvalue weighted by molar-refractivity contribution is -0.00256. The van der Waals surface area contributed by atoms with E-state index in [1.54, 1.807) is 19.5 Å². The van der Waals surface area contributed by atoms with Crippen molar-refractivity contribution in [2.24, 2.45) is 0 Å². The van der Waals surface area contributed by atoms with Gasteiger partial charge in [0.15, 0.2) is 0 Å². The third-order valence-corrected chi connectivity index (χ3v) is 2.71. The number of rotatable bonds is 4. The molecule has 5 nitrogen and oxygen atoms in total. The SMILES string of the molecule is COc1cnc(OC2CN(C(C)C)C2)cn1. The molecule has 0 amide bonds. The van der Waals surface area contributed by atoms with Gasteiger partial charge < -0.3 is 9.47 Å². The van der Waals surface area contributed by atoms with Crippen LogP contribution in [0.25, 0.3) is 0 Å². The van der Waals surface area contributed by atoms with Crippen LogP contribution >= 0.6 is 0 Å².